The molecule has 2 aromatic heterocycles. The maximum atomic E-state index is 13.6. The molecular formula is C25H27N5O. The quantitative estimate of drug-likeness (QED) is 0.702. The van der Waals surface area contributed by atoms with E-state index in [9.17, 15) is 4.79 Å². The minimum Gasteiger partial charge on any atom is -0.379 e. The van der Waals surface area contributed by atoms with Crippen molar-refractivity contribution < 1.29 is 4.79 Å². The van der Waals surface area contributed by atoms with E-state index >= 15 is 0 Å². The molecule has 1 fully saturated rings. The molecule has 0 saturated carbocycles. The molecule has 6 heteroatoms. The molecule has 1 aromatic carbocycles. The molecule has 3 heterocycles. The highest BCUT2D eigenvalue weighted by atomic mass is 16.2. The van der Waals surface area contributed by atoms with Crippen LogP contribution in [-0.4, -0.2) is 38.8 Å². The molecule has 1 N–H and O–H groups in total. The third-order valence-corrected chi connectivity index (χ3v) is 6.57. The summed E-state index contributed by atoms with van der Waals surface area (Å²) >= 11 is 0. The molecule has 1 aliphatic heterocycles. The highest BCUT2D eigenvalue weighted by molar-refractivity contribution is 5.99. The lowest BCUT2D eigenvalue weighted by molar-refractivity contribution is 0.0634. The zero-order valence-corrected chi connectivity index (χ0v) is 17.8. The number of nitrogens with one attached hydrogen (secondary N) is 1. The molecule has 1 saturated heterocycles. The summed E-state index contributed by atoms with van der Waals surface area (Å²) in [6, 6.07) is 13.6. The van der Waals surface area contributed by atoms with Gasteiger partial charge >= 0.3 is 0 Å². The van der Waals surface area contributed by atoms with Crippen molar-refractivity contribution in [2.24, 2.45) is 0 Å². The maximum Gasteiger partial charge on any atom is 0.255 e. The lowest BCUT2D eigenvalue weighted by Crippen LogP contribution is -2.48. The molecule has 158 valence electrons. The molecular weight excluding hydrogens is 386 g/mol. The van der Waals surface area contributed by atoms with E-state index in [1.54, 1.807) is 6.20 Å². The Labute approximate surface area is 182 Å². The van der Waals surface area contributed by atoms with Gasteiger partial charge in [-0.05, 0) is 62.4 Å². The van der Waals surface area contributed by atoms with Crippen LogP contribution in [-0.2, 0) is 18.4 Å². The second-order valence-electron chi connectivity index (χ2n) is 8.62. The third kappa shape index (κ3) is 3.78. The second-order valence-corrected chi connectivity index (χ2v) is 8.62. The summed E-state index contributed by atoms with van der Waals surface area (Å²) in [5.41, 5.74) is 4.89. The van der Waals surface area contributed by atoms with Crippen LogP contribution < -0.4 is 5.32 Å². The Morgan fingerprint density at radius 1 is 1.13 bits per heavy atom. The van der Waals surface area contributed by atoms with Crippen LogP contribution in [0.3, 0.4) is 0 Å². The highest BCUT2D eigenvalue weighted by Crippen LogP contribution is 2.44. The van der Waals surface area contributed by atoms with Gasteiger partial charge in [-0.1, -0.05) is 18.2 Å². The average molecular weight is 414 g/mol. The molecule has 1 spiro atoms. The van der Waals surface area contributed by atoms with Crippen LogP contribution in [0.25, 0.3) is 0 Å². The number of rotatable bonds is 4. The first-order valence-corrected chi connectivity index (χ1v) is 11.0. The van der Waals surface area contributed by atoms with Crippen molar-refractivity contribution in [3.63, 3.8) is 0 Å². The second kappa shape index (κ2) is 8.10. The predicted octanol–water partition coefficient (Wildman–Crippen LogP) is 3.91. The summed E-state index contributed by atoms with van der Waals surface area (Å²) in [4.78, 5) is 29.2. The fourth-order valence-corrected chi connectivity index (χ4v) is 5.01. The minimum absolute atomic E-state index is 0.0345. The molecule has 31 heavy (non-hydrogen) atoms. The Morgan fingerprint density at radius 3 is 2.87 bits per heavy atom. The monoisotopic (exact) mass is 413 g/mol. The maximum absolute atomic E-state index is 13.6. The van der Waals surface area contributed by atoms with E-state index in [-0.39, 0.29) is 11.3 Å². The van der Waals surface area contributed by atoms with Crippen LogP contribution in [0.2, 0.25) is 0 Å². The summed E-state index contributed by atoms with van der Waals surface area (Å²) in [6.07, 6.45) is 7.89. The van der Waals surface area contributed by atoms with Gasteiger partial charge in [0.05, 0.1) is 23.5 Å². The zero-order chi connectivity index (χ0) is 21.3. The summed E-state index contributed by atoms with van der Waals surface area (Å²) in [5.74, 6) is 0.898. The van der Waals surface area contributed by atoms with Gasteiger partial charge in [0.15, 0.2) is 0 Å². The lowest BCUT2D eigenvalue weighted by Gasteiger charge is -2.40. The number of hydrogen-bond donors (Lipinski definition) is 1. The number of aromatic nitrogens is 3. The number of para-hydroxylation sites is 1. The van der Waals surface area contributed by atoms with Crippen molar-refractivity contribution in [3.05, 3.63) is 83.2 Å². The van der Waals surface area contributed by atoms with Crippen LogP contribution in [0.15, 0.2) is 54.9 Å². The van der Waals surface area contributed by atoms with Crippen molar-refractivity contribution in [1.29, 1.82) is 0 Å². The van der Waals surface area contributed by atoms with Crippen molar-refractivity contribution in [1.82, 2.24) is 19.9 Å². The molecule has 2 aliphatic rings. The minimum atomic E-state index is -0.0345. The van der Waals surface area contributed by atoms with Crippen LogP contribution in [0, 0.1) is 6.92 Å². The molecule has 1 amide bonds. The summed E-state index contributed by atoms with van der Waals surface area (Å²) in [7, 11) is 0. The van der Waals surface area contributed by atoms with Gasteiger partial charge < -0.3 is 10.2 Å². The SMILES string of the molecule is Cc1ncc2c(n1)C1(CCCN(C(=O)c3ccccc3NCc3ccccn3)C1)CC2. The number of anilines is 1. The molecule has 1 atom stereocenters. The van der Waals surface area contributed by atoms with Gasteiger partial charge in [0, 0.05) is 36.6 Å². The molecule has 5 rings (SSSR count). The Hall–Kier alpha value is -3.28. The highest BCUT2D eigenvalue weighted by Gasteiger charge is 2.44. The van der Waals surface area contributed by atoms with E-state index in [1.165, 1.54) is 11.3 Å². The van der Waals surface area contributed by atoms with Gasteiger partial charge in [0.2, 0.25) is 0 Å². The van der Waals surface area contributed by atoms with Crippen LogP contribution in [0.4, 0.5) is 5.69 Å². The fraction of sp³-hybridized carbons (Fsp3) is 0.360. The Balaban J connectivity index is 1.37. The zero-order valence-electron chi connectivity index (χ0n) is 17.8. The third-order valence-electron chi connectivity index (χ3n) is 6.57. The number of hydrogen-bond acceptors (Lipinski definition) is 5. The molecule has 0 radical (unpaired) electrons. The van der Waals surface area contributed by atoms with E-state index in [0.29, 0.717) is 12.1 Å². The standard InChI is InChI=1S/C25H27N5O/c1-18-27-15-19-10-12-25(23(19)29-18)11-6-14-30(17-25)24(31)21-8-2-3-9-22(21)28-16-20-7-4-5-13-26-20/h2-5,7-9,13,15,28H,6,10-12,14,16-17H2,1H3. The van der Waals surface area contributed by atoms with Crippen molar-refractivity contribution in [3.8, 4) is 0 Å². The number of benzene rings is 1. The topological polar surface area (TPSA) is 71.0 Å². The van der Waals surface area contributed by atoms with E-state index in [0.717, 1.165) is 56.0 Å². The summed E-state index contributed by atoms with van der Waals surface area (Å²) in [5, 5.41) is 3.40. The average Bonchev–Trinajstić information content (AvgIpc) is 3.15. The number of pyridine rings is 1. The summed E-state index contributed by atoms with van der Waals surface area (Å²) in [6.45, 7) is 4.04. The molecule has 1 unspecified atom stereocenters. The van der Waals surface area contributed by atoms with Gasteiger partial charge in [-0.25, -0.2) is 9.97 Å². The number of carbonyl (C=O) groups excluding carboxylic acids is 1. The lowest BCUT2D eigenvalue weighted by atomic mass is 9.77. The number of carbonyl (C=O) groups is 1. The first kappa shape index (κ1) is 19.7. The van der Waals surface area contributed by atoms with Crippen molar-refractivity contribution in [2.45, 2.75) is 44.6 Å². The fourth-order valence-electron chi connectivity index (χ4n) is 5.01. The van der Waals surface area contributed by atoms with Gasteiger partial charge in [-0.15, -0.1) is 0 Å². The number of likely N-dealkylation sites (tertiary alicyclic amines) is 1. The Kier molecular flexibility index (Phi) is 5.14. The van der Waals surface area contributed by atoms with E-state index < -0.39 is 0 Å². The predicted molar refractivity (Wildman–Crippen MR) is 120 cm³/mol. The first-order chi connectivity index (χ1) is 15.1. The molecule has 3 aromatic rings. The molecule has 0 bridgehead atoms. The normalized spacial score (nSPS) is 20.0. The van der Waals surface area contributed by atoms with E-state index in [4.69, 9.17) is 4.98 Å². The first-order valence-electron chi connectivity index (χ1n) is 11.0. The van der Waals surface area contributed by atoms with Crippen LogP contribution in [0.5, 0.6) is 0 Å². The van der Waals surface area contributed by atoms with Gasteiger partial charge in [-0.2, -0.15) is 0 Å². The van der Waals surface area contributed by atoms with E-state index in [2.05, 4.69) is 15.3 Å². The largest absolute Gasteiger partial charge is 0.379 e. The van der Waals surface area contributed by atoms with Crippen LogP contribution >= 0.6 is 0 Å². The number of piperidine rings is 1. The number of aryl methyl sites for hydroxylation is 2. The number of amides is 1. The summed E-state index contributed by atoms with van der Waals surface area (Å²) < 4.78 is 0. The van der Waals surface area contributed by atoms with E-state index in [1.807, 2.05) is 60.5 Å². The number of fused-ring (bicyclic) bond motifs is 2. The van der Waals surface area contributed by atoms with Gasteiger partial charge in [0.1, 0.15) is 5.82 Å². The number of nitrogens with zero attached hydrogens (tertiary/aromatic N) is 4. The smallest absolute Gasteiger partial charge is 0.255 e. The Bertz CT molecular complexity index is 1100. The van der Waals surface area contributed by atoms with Gasteiger partial charge in [-0.3, -0.25) is 9.78 Å². The van der Waals surface area contributed by atoms with Crippen molar-refractivity contribution in [2.75, 3.05) is 18.4 Å². The Morgan fingerprint density at radius 2 is 2.00 bits per heavy atom. The van der Waals surface area contributed by atoms with Crippen LogP contribution in [0.1, 0.15) is 52.4 Å². The van der Waals surface area contributed by atoms with Crippen molar-refractivity contribution >= 4 is 11.6 Å². The molecule has 6 nitrogen and oxygen atoms in total. The van der Waals surface area contributed by atoms with Gasteiger partial charge in [0.25, 0.3) is 5.91 Å². The molecule has 1 aliphatic carbocycles.